The lowest BCUT2D eigenvalue weighted by molar-refractivity contribution is 0.0730. The molecule has 1 N–H and O–H groups in total. The maximum atomic E-state index is 8.58. The van der Waals surface area contributed by atoms with Gasteiger partial charge < -0.3 is 14.7 Å². The van der Waals surface area contributed by atoms with Crippen molar-refractivity contribution in [3.05, 3.63) is 0 Å². The molecule has 3 nitrogen and oxygen atoms in total. The van der Waals surface area contributed by atoms with Crippen molar-refractivity contribution in [2.24, 2.45) is 0 Å². The zero-order valence-corrected chi connectivity index (χ0v) is 10.4. The first-order valence-electron chi connectivity index (χ1n) is 6.26. The van der Waals surface area contributed by atoms with E-state index in [-0.39, 0.29) is 6.61 Å². The van der Waals surface area contributed by atoms with Crippen molar-refractivity contribution in [2.45, 2.75) is 39.5 Å². The topological polar surface area (TPSA) is 32.7 Å². The molecule has 0 aromatic rings. The molecule has 0 aliphatic heterocycles. The second-order valence-corrected chi connectivity index (χ2v) is 3.88. The Morgan fingerprint density at radius 2 is 1.53 bits per heavy atom. The van der Waals surface area contributed by atoms with Gasteiger partial charge in [0.05, 0.1) is 19.8 Å². The number of aliphatic hydroxyl groups is 1. The summed E-state index contributed by atoms with van der Waals surface area (Å²) < 4.78 is 5.28. The van der Waals surface area contributed by atoms with Crippen molar-refractivity contribution in [1.82, 2.24) is 4.90 Å². The van der Waals surface area contributed by atoms with Crippen molar-refractivity contribution >= 4 is 0 Å². The lowest BCUT2D eigenvalue weighted by atomic mass is 10.2. The van der Waals surface area contributed by atoms with E-state index < -0.39 is 0 Å². The molecule has 0 radical (unpaired) electrons. The number of unbranched alkanes of at least 4 members (excludes halogenated alkanes) is 2. The molecule has 0 spiro atoms. The second kappa shape index (κ2) is 12.0. The van der Waals surface area contributed by atoms with E-state index in [9.17, 15) is 0 Å². The van der Waals surface area contributed by atoms with Crippen LogP contribution < -0.4 is 0 Å². The van der Waals surface area contributed by atoms with Crippen LogP contribution in [0, 0.1) is 0 Å². The Morgan fingerprint density at radius 1 is 0.933 bits per heavy atom. The van der Waals surface area contributed by atoms with E-state index in [4.69, 9.17) is 9.84 Å². The highest BCUT2D eigenvalue weighted by molar-refractivity contribution is 4.57. The predicted molar refractivity (Wildman–Crippen MR) is 64.2 cm³/mol. The van der Waals surface area contributed by atoms with E-state index in [1.807, 2.05) is 0 Å². The fourth-order valence-corrected chi connectivity index (χ4v) is 1.46. The zero-order valence-electron chi connectivity index (χ0n) is 10.4. The maximum absolute atomic E-state index is 8.58. The molecule has 0 amide bonds. The lowest BCUT2D eigenvalue weighted by Gasteiger charge is -2.21. The van der Waals surface area contributed by atoms with Crippen LogP contribution in [0.5, 0.6) is 0 Å². The van der Waals surface area contributed by atoms with E-state index in [1.54, 1.807) is 0 Å². The summed E-state index contributed by atoms with van der Waals surface area (Å²) in [5.74, 6) is 0. The zero-order chi connectivity index (χ0) is 11.4. The molecule has 3 heteroatoms. The molecular weight excluding hydrogens is 190 g/mol. The summed E-state index contributed by atoms with van der Waals surface area (Å²) in [6, 6.07) is 0. The molecule has 0 bridgehead atoms. The monoisotopic (exact) mass is 217 g/mol. The highest BCUT2D eigenvalue weighted by Gasteiger charge is 2.02. The van der Waals surface area contributed by atoms with Gasteiger partial charge in [0, 0.05) is 6.54 Å². The van der Waals surface area contributed by atoms with Gasteiger partial charge in [0.15, 0.2) is 0 Å². The molecule has 0 heterocycles. The third kappa shape index (κ3) is 10.2. The Kier molecular flexibility index (Phi) is 11.9. The SMILES string of the molecule is CCCCN(CCCC)CCOCCO. The Bertz CT molecular complexity index is 112. The first kappa shape index (κ1) is 14.9. The quantitative estimate of drug-likeness (QED) is 0.537. The van der Waals surface area contributed by atoms with Gasteiger partial charge in [-0.2, -0.15) is 0 Å². The van der Waals surface area contributed by atoms with E-state index in [0.29, 0.717) is 6.61 Å². The van der Waals surface area contributed by atoms with Gasteiger partial charge in [-0.1, -0.05) is 26.7 Å². The summed E-state index contributed by atoms with van der Waals surface area (Å²) >= 11 is 0. The number of aliphatic hydroxyl groups excluding tert-OH is 1. The van der Waals surface area contributed by atoms with E-state index in [2.05, 4.69) is 18.7 Å². The largest absolute Gasteiger partial charge is 0.394 e. The Labute approximate surface area is 94.4 Å². The van der Waals surface area contributed by atoms with Crippen molar-refractivity contribution in [3.8, 4) is 0 Å². The van der Waals surface area contributed by atoms with Crippen LogP contribution in [0.15, 0.2) is 0 Å². The first-order chi connectivity index (χ1) is 7.35. The van der Waals surface area contributed by atoms with E-state index in [1.165, 1.54) is 38.8 Å². The Balaban J connectivity index is 3.49. The number of ether oxygens (including phenoxy) is 1. The summed E-state index contributed by atoms with van der Waals surface area (Å²) in [5.41, 5.74) is 0. The van der Waals surface area contributed by atoms with Gasteiger partial charge in [0.1, 0.15) is 0 Å². The standard InChI is InChI=1S/C12H27NO2/c1-3-5-7-13(8-6-4-2)9-11-15-12-10-14/h14H,3-12H2,1-2H3. The average molecular weight is 217 g/mol. The van der Waals surface area contributed by atoms with Crippen molar-refractivity contribution < 1.29 is 9.84 Å². The molecule has 0 saturated heterocycles. The summed E-state index contributed by atoms with van der Waals surface area (Å²) in [5, 5.41) is 8.58. The van der Waals surface area contributed by atoms with Gasteiger partial charge in [-0.25, -0.2) is 0 Å². The van der Waals surface area contributed by atoms with E-state index >= 15 is 0 Å². The van der Waals surface area contributed by atoms with Crippen LogP contribution in [0.3, 0.4) is 0 Å². The molecule has 0 aromatic carbocycles. The molecule has 0 rings (SSSR count). The first-order valence-corrected chi connectivity index (χ1v) is 6.26. The summed E-state index contributed by atoms with van der Waals surface area (Å²) in [7, 11) is 0. The number of hydrogen-bond acceptors (Lipinski definition) is 3. The third-order valence-electron chi connectivity index (χ3n) is 2.44. The minimum Gasteiger partial charge on any atom is -0.394 e. The number of hydrogen-bond donors (Lipinski definition) is 1. The molecule has 0 unspecified atom stereocenters. The van der Waals surface area contributed by atoms with E-state index in [0.717, 1.165) is 13.2 Å². The van der Waals surface area contributed by atoms with Crippen LogP contribution in [0.2, 0.25) is 0 Å². The Hall–Kier alpha value is -0.120. The third-order valence-corrected chi connectivity index (χ3v) is 2.44. The molecule has 0 atom stereocenters. The van der Waals surface area contributed by atoms with Gasteiger partial charge in [0.25, 0.3) is 0 Å². The van der Waals surface area contributed by atoms with Crippen LogP contribution in [-0.2, 0) is 4.74 Å². The minimum absolute atomic E-state index is 0.129. The number of nitrogens with zero attached hydrogens (tertiary/aromatic N) is 1. The normalized spacial score (nSPS) is 11.2. The van der Waals surface area contributed by atoms with Gasteiger partial charge >= 0.3 is 0 Å². The average Bonchev–Trinajstić information content (AvgIpc) is 2.27. The summed E-state index contributed by atoms with van der Waals surface area (Å²) in [4.78, 5) is 2.46. The maximum Gasteiger partial charge on any atom is 0.0698 e. The molecule has 0 aromatic heterocycles. The van der Waals surface area contributed by atoms with Crippen LogP contribution in [0.4, 0.5) is 0 Å². The fourth-order valence-electron chi connectivity index (χ4n) is 1.46. The van der Waals surface area contributed by atoms with Crippen LogP contribution >= 0.6 is 0 Å². The highest BCUT2D eigenvalue weighted by Crippen LogP contribution is 1.98. The minimum atomic E-state index is 0.129. The van der Waals surface area contributed by atoms with Gasteiger partial charge in [0.2, 0.25) is 0 Å². The Morgan fingerprint density at radius 3 is 2.00 bits per heavy atom. The van der Waals surface area contributed by atoms with Gasteiger partial charge in [-0.05, 0) is 25.9 Å². The van der Waals surface area contributed by atoms with Crippen LogP contribution in [0.1, 0.15) is 39.5 Å². The van der Waals surface area contributed by atoms with Gasteiger partial charge in [-0.3, -0.25) is 0 Å². The predicted octanol–water partition coefficient (Wildman–Crippen LogP) is 1.90. The molecule has 15 heavy (non-hydrogen) atoms. The van der Waals surface area contributed by atoms with Crippen LogP contribution in [-0.4, -0.2) is 49.5 Å². The van der Waals surface area contributed by atoms with Crippen molar-refractivity contribution in [3.63, 3.8) is 0 Å². The van der Waals surface area contributed by atoms with Crippen LogP contribution in [0.25, 0.3) is 0 Å². The molecule has 0 aliphatic rings. The van der Waals surface area contributed by atoms with Crippen molar-refractivity contribution in [2.75, 3.05) is 39.5 Å². The molecule has 0 aliphatic carbocycles. The smallest absolute Gasteiger partial charge is 0.0698 e. The van der Waals surface area contributed by atoms with Gasteiger partial charge in [-0.15, -0.1) is 0 Å². The molecule has 92 valence electrons. The molecule has 0 fully saturated rings. The molecular formula is C12H27NO2. The summed E-state index contributed by atoms with van der Waals surface area (Å²) in [6.45, 7) is 9.14. The second-order valence-electron chi connectivity index (χ2n) is 3.88. The lowest BCUT2D eigenvalue weighted by Crippen LogP contribution is -2.30. The molecule has 0 saturated carbocycles. The summed E-state index contributed by atoms with van der Waals surface area (Å²) in [6.07, 6.45) is 5.04. The van der Waals surface area contributed by atoms with Crippen molar-refractivity contribution in [1.29, 1.82) is 0 Å². The fraction of sp³-hybridized carbons (Fsp3) is 1.00. The highest BCUT2D eigenvalue weighted by atomic mass is 16.5. The number of rotatable bonds is 11.